The van der Waals surface area contributed by atoms with Crippen molar-refractivity contribution in [2.24, 2.45) is 0 Å². The Hall–Kier alpha value is -4.08. The standard InChI is InChI=1S/C20H17NO9/c1-26-12-4-5-13-11(6-19(22)30-16(13)7-12)10-29-20(23)14-8-17(27-2)18(28-3)9-15(14)21(24)25/h4-9H,10H2,1-3H3. The summed E-state index contributed by atoms with van der Waals surface area (Å²) in [5.41, 5.74) is -0.823. The van der Waals surface area contributed by atoms with E-state index in [2.05, 4.69) is 0 Å². The van der Waals surface area contributed by atoms with Crippen LogP contribution in [-0.4, -0.2) is 32.2 Å². The lowest BCUT2D eigenvalue weighted by atomic mass is 10.1. The highest BCUT2D eigenvalue weighted by molar-refractivity contribution is 5.95. The third-order valence-corrected chi connectivity index (χ3v) is 4.31. The van der Waals surface area contributed by atoms with Gasteiger partial charge in [0.25, 0.3) is 5.69 Å². The van der Waals surface area contributed by atoms with Gasteiger partial charge < -0.3 is 23.4 Å². The molecule has 0 saturated carbocycles. The molecule has 0 saturated heterocycles. The number of nitro groups is 1. The van der Waals surface area contributed by atoms with Crippen LogP contribution in [0, 0.1) is 10.1 Å². The summed E-state index contributed by atoms with van der Waals surface area (Å²) in [7, 11) is 4.13. The normalized spacial score (nSPS) is 10.5. The van der Waals surface area contributed by atoms with Crippen LogP contribution in [0.1, 0.15) is 15.9 Å². The largest absolute Gasteiger partial charge is 0.497 e. The molecule has 0 atom stereocenters. The molecule has 3 rings (SSSR count). The van der Waals surface area contributed by atoms with Crippen molar-refractivity contribution >= 4 is 22.6 Å². The first-order valence-corrected chi connectivity index (χ1v) is 8.56. The van der Waals surface area contributed by atoms with Crippen molar-refractivity contribution in [1.29, 1.82) is 0 Å². The van der Waals surface area contributed by atoms with Gasteiger partial charge in [-0.1, -0.05) is 0 Å². The highest BCUT2D eigenvalue weighted by Gasteiger charge is 2.26. The Balaban J connectivity index is 1.94. The number of esters is 1. The monoisotopic (exact) mass is 415 g/mol. The van der Waals surface area contributed by atoms with E-state index in [4.69, 9.17) is 23.4 Å². The summed E-state index contributed by atoms with van der Waals surface area (Å²) in [6.45, 7) is -0.307. The van der Waals surface area contributed by atoms with Crippen molar-refractivity contribution < 1.29 is 33.1 Å². The van der Waals surface area contributed by atoms with Gasteiger partial charge >= 0.3 is 11.6 Å². The second-order valence-corrected chi connectivity index (χ2v) is 6.01. The van der Waals surface area contributed by atoms with Crippen molar-refractivity contribution in [3.8, 4) is 17.2 Å². The second-order valence-electron chi connectivity index (χ2n) is 6.01. The lowest BCUT2D eigenvalue weighted by Gasteiger charge is -2.11. The zero-order valence-corrected chi connectivity index (χ0v) is 16.3. The minimum Gasteiger partial charge on any atom is -0.497 e. The van der Waals surface area contributed by atoms with Gasteiger partial charge in [-0.05, 0) is 12.1 Å². The molecule has 3 aromatic rings. The predicted molar refractivity (Wildman–Crippen MR) is 104 cm³/mol. The topological polar surface area (TPSA) is 127 Å². The molecule has 0 aliphatic carbocycles. The zero-order valence-electron chi connectivity index (χ0n) is 16.3. The van der Waals surface area contributed by atoms with E-state index in [-0.39, 0.29) is 29.3 Å². The molecule has 0 aliphatic rings. The third-order valence-electron chi connectivity index (χ3n) is 4.31. The van der Waals surface area contributed by atoms with E-state index in [1.807, 2.05) is 0 Å². The lowest BCUT2D eigenvalue weighted by molar-refractivity contribution is -0.385. The van der Waals surface area contributed by atoms with Crippen LogP contribution >= 0.6 is 0 Å². The maximum absolute atomic E-state index is 12.6. The van der Waals surface area contributed by atoms with Gasteiger partial charge in [0.15, 0.2) is 11.5 Å². The van der Waals surface area contributed by atoms with Gasteiger partial charge in [-0.3, -0.25) is 10.1 Å². The van der Waals surface area contributed by atoms with Crippen molar-refractivity contribution in [3.63, 3.8) is 0 Å². The fourth-order valence-corrected chi connectivity index (χ4v) is 2.86. The summed E-state index contributed by atoms with van der Waals surface area (Å²) in [5, 5.41) is 11.9. The summed E-state index contributed by atoms with van der Waals surface area (Å²) in [5.74, 6) is -0.243. The zero-order chi connectivity index (χ0) is 21.8. The molecule has 0 spiro atoms. The third kappa shape index (κ3) is 4.02. The average molecular weight is 415 g/mol. The average Bonchev–Trinajstić information content (AvgIpc) is 2.75. The van der Waals surface area contributed by atoms with Crippen LogP contribution in [0.4, 0.5) is 5.69 Å². The molecule has 2 aromatic carbocycles. The van der Waals surface area contributed by atoms with Crippen molar-refractivity contribution in [2.75, 3.05) is 21.3 Å². The van der Waals surface area contributed by atoms with E-state index in [9.17, 15) is 19.7 Å². The summed E-state index contributed by atoms with van der Waals surface area (Å²) >= 11 is 0. The minimum atomic E-state index is -0.961. The van der Waals surface area contributed by atoms with Gasteiger partial charge in [0.2, 0.25) is 0 Å². The Morgan fingerprint density at radius 2 is 1.73 bits per heavy atom. The van der Waals surface area contributed by atoms with E-state index in [0.29, 0.717) is 16.7 Å². The van der Waals surface area contributed by atoms with Gasteiger partial charge in [0, 0.05) is 29.1 Å². The van der Waals surface area contributed by atoms with E-state index in [0.717, 1.165) is 6.07 Å². The van der Waals surface area contributed by atoms with Crippen LogP contribution in [0.2, 0.25) is 0 Å². The molecule has 0 unspecified atom stereocenters. The molecule has 10 nitrogen and oxygen atoms in total. The Labute approximate surface area is 169 Å². The molecular weight excluding hydrogens is 398 g/mol. The quantitative estimate of drug-likeness (QED) is 0.247. The SMILES string of the molecule is COc1ccc2c(COC(=O)c3cc(OC)c(OC)cc3[N+](=O)[O-])cc(=O)oc2c1. The first-order chi connectivity index (χ1) is 14.4. The molecule has 0 amide bonds. The van der Waals surface area contributed by atoms with Gasteiger partial charge in [-0.25, -0.2) is 9.59 Å². The van der Waals surface area contributed by atoms with E-state index in [1.165, 1.54) is 39.5 Å². The number of methoxy groups -OCH3 is 3. The summed E-state index contributed by atoms with van der Waals surface area (Å²) in [6, 6.07) is 8.27. The van der Waals surface area contributed by atoms with Crippen molar-refractivity contribution in [2.45, 2.75) is 6.61 Å². The van der Waals surface area contributed by atoms with Crippen LogP contribution in [0.25, 0.3) is 11.0 Å². The molecule has 10 heteroatoms. The molecule has 0 fully saturated rings. The number of rotatable bonds is 7. The van der Waals surface area contributed by atoms with Gasteiger partial charge in [0.1, 0.15) is 23.5 Å². The van der Waals surface area contributed by atoms with Crippen LogP contribution in [0.3, 0.4) is 0 Å². The van der Waals surface area contributed by atoms with E-state index >= 15 is 0 Å². The fourth-order valence-electron chi connectivity index (χ4n) is 2.86. The number of carbonyl (C=O) groups is 1. The Kier molecular flexibility index (Phi) is 5.86. The first kappa shape index (κ1) is 20.6. The molecule has 1 heterocycles. The van der Waals surface area contributed by atoms with E-state index in [1.54, 1.807) is 12.1 Å². The van der Waals surface area contributed by atoms with Crippen molar-refractivity contribution in [1.82, 2.24) is 0 Å². The lowest BCUT2D eigenvalue weighted by Crippen LogP contribution is -2.10. The molecule has 156 valence electrons. The second kappa shape index (κ2) is 8.52. The summed E-state index contributed by atoms with van der Waals surface area (Å²) in [4.78, 5) is 35.1. The molecule has 1 aromatic heterocycles. The van der Waals surface area contributed by atoms with Crippen LogP contribution in [0.15, 0.2) is 45.6 Å². The Morgan fingerprint density at radius 3 is 2.37 bits per heavy atom. The Bertz CT molecular complexity index is 1180. The highest BCUT2D eigenvalue weighted by Crippen LogP contribution is 2.35. The molecule has 30 heavy (non-hydrogen) atoms. The molecular formula is C20H17NO9. The van der Waals surface area contributed by atoms with Crippen molar-refractivity contribution in [3.05, 3.63) is 68.1 Å². The number of hydrogen-bond donors (Lipinski definition) is 0. The maximum atomic E-state index is 12.6. The smallest absolute Gasteiger partial charge is 0.345 e. The van der Waals surface area contributed by atoms with Gasteiger partial charge in [-0.15, -0.1) is 0 Å². The number of benzene rings is 2. The van der Waals surface area contributed by atoms with Gasteiger partial charge in [-0.2, -0.15) is 0 Å². The number of ether oxygens (including phenoxy) is 4. The first-order valence-electron chi connectivity index (χ1n) is 8.56. The van der Waals surface area contributed by atoms with Gasteiger partial charge in [0.05, 0.1) is 32.3 Å². The summed E-state index contributed by atoms with van der Waals surface area (Å²) in [6.07, 6.45) is 0. The molecule has 0 N–H and O–H groups in total. The highest BCUT2D eigenvalue weighted by atomic mass is 16.6. The number of nitro benzene ring substituents is 1. The number of carbonyl (C=O) groups excluding carboxylic acids is 1. The summed E-state index contributed by atoms with van der Waals surface area (Å²) < 4.78 is 25.6. The number of nitrogens with zero attached hydrogens (tertiary/aromatic N) is 1. The minimum absolute atomic E-state index is 0.0985. The Morgan fingerprint density at radius 1 is 1.03 bits per heavy atom. The van der Waals surface area contributed by atoms with Crippen LogP contribution in [-0.2, 0) is 11.3 Å². The fraction of sp³-hybridized carbons (Fsp3) is 0.200. The number of hydrogen-bond acceptors (Lipinski definition) is 9. The van der Waals surface area contributed by atoms with Crippen LogP contribution in [0.5, 0.6) is 17.2 Å². The number of fused-ring (bicyclic) bond motifs is 1. The van der Waals surface area contributed by atoms with E-state index < -0.39 is 22.2 Å². The maximum Gasteiger partial charge on any atom is 0.345 e. The van der Waals surface area contributed by atoms with Crippen LogP contribution < -0.4 is 19.8 Å². The molecule has 0 bridgehead atoms. The molecule has 0 aliphatic heterocycles. The molecule has 0 radical (unpaired) electrons. The predicted octanol–water partition coefficient (Wildman–Crippen LogP) is 3.08.